The summed E-state index contributed by atoms with van der Waals surface area (Å²) in [7, 11) is 0. The van der Waals surface area contributed by atoms with Gasteiger partial charge in [-0.2, -0.15) is 4.98 Å². The average Bonchev–Trinajstić information content (AvgIpc) is 3.48. The molecule has 2 amide bonds. The van der Waals surface area contributed by atoms with Gasteiger partial charge in [0.25, 0.3) is 5.89 Å². The summed E-state index contributed by atoms with van der Waals surface area (Å²) in [6.45, 7) is 4.34. The molecule has 1 unspecified atom stereocenters. The van der Waals surface area contributed by atoms with Crippen molar-refractivity contribution in [2.24, 2.45) is 5.92 Å². The fraction of sp³-hybridized carbons (Fsp3) is 0.185. The van der Waals surface area contributed by atoms with Gasteiger partial charge in [0.05, 0.1) is 5.92 Å². The van der Waals surface area contributed by atoms with E-state index < -0.39 is 5.92 Å². The quantitative estimate of drug-likeness (QED) is 0.460. The lowest BCUT2D eigenvalue weighted by Crippen LogP contribution is -2.28. The number of benzene rings is 3. The molecule has 7 heteroatoms. The maximum absolute atomic E-state index is 12.9. The van der Waals surface area contributed by atoms with Crippen LogP contribution in [-0.4, -0.2) is 28.5 Å². The van der Waals surface area contributed by atoms with E-state index in [9.17, 15) is 9.59 Å². The molecule has 1 fully saturated rings. The Labute approximate surface area is 197 Å². The number of hydrogen-bond acceptors (Lipinski definition) is 5. The van der Waals surface area contributed by atoms with Crippen molar-refractivity contribution in [1.82, 2.24) is 10.1 Å². The van der Waals surface area contributed by atoms with E-state index in [1.165, 1.54) is 0 Å². The zero-order chi connectivity index (χ0) is 23.7. The number of para-hydroxylation sites is 1. The van der Waals surface area contributed by atoms with Crippen LogP contribution in [0.3, 0.4) is 0 Å². The van der Waals surface area contributed by atoms with Gasteiger partial charge in [-0.25, -0.2) is 0 Å². The van der Waals surface area contributed by atoms with Gasteiger partial charge >= 0.3 is 0 Å². The summed E-state index contributed by atoms with van der Waals surface area (Å²) in [5.74, 6) is 0.219. The van der Waals surface area contributed by atoms with Crippen molar-refractivity contribution < 1.29 is 14.1 Å². The van der Waals surface area contributed by atoms with E-state index >= 15 is 0 Å². The molecule has 1 atom stereocenters. The highest BCUT2D eigenvalue weighted by molar-refractivity contribution is 6.04. The van der Waals surface area contributed by atoms with Crippen molar-refractivity contribution in [2.45, 2.75) is 20.3 Å². The lowest BCUT2D eigenvalue weighted by molar-refractivity contribution is -0.122. The van der Waals surface area contributed by atoms with Gasteiger partial charge < -0.3 is 14.7 Å². The van der Waals surface area contributed by atoms with Crippen LogP contribution >= 0.6 is 0 Å². The van der Waals surface area contributed by atoms with E-state index in [1.54, 1.807) is 17.0 Å². The van der Waals surface area contributed by atoms with Crippen LogP contribution < -0.4 is 10.2 Å². The van der Waals surface area contributed by atoms with Crippen LogP contribution in [0.25, 0.3) is 22.8 Å². The fourth-order valence-corrected chi connectivity index (χ4v) is 4.12. The van der Waals surface area contributed by atoms with Gasteiger partial charge in [-0.3, -0.25) is 9.59 Å². The van der Waals surface area contributed by atoms with Gasteiger partial charge in [0.2, 0.25) is 17.6 Å². The number of aryl methyl sites for hydroxylation is 2. The highest BCUT2D eigenvalue weighted by atomic mass is 16.5. The number of carbonyl (C=O) groups excluding carboxylic acids is 2. The Balaban J connectivity index is 1.29. The monoisotopic (exact) mass is 452 g/mol. The van der Waals surface area contributed by atoms with E-state index in [2.05, 4.69) is 15.5 Å². The molecule has 1 N–H and O–H groups in total. The molecule has 3 aromatic carbocycles. The van der Waals surface area contributed by atoms with Gasteiger partial charge in [0.15, 0.2) is 0 Å². The van der Waals surface area contributed by atoms with Crippen molar-refractivity contribution in [2.75, 3.05) is 16.8 Å². The molecule has 1 saturated heterocycles. The fourth-order valence-electron chi connectivity index (χ4n) is 4.12. The van der Waals surface area contributed by atoms with Gasteiger partial charge in [-0.05, 0) is 43.7 Å². The number of aromatic nitrogens is 2. The van der Waals surface area contributed by atoms with Crippen molar-refractivity contribution in [3.8, 4) is 22.8 Å². The van der Waals surface area contributed by atoms with Crippen LogP contribution in [0, 0.1) is 19.8 Å². The molecule has 1 aliphatic rings. The van der Waals surface area contributed by atoms with E-state index in [4.69, 9.17) is 4.52 Å². The second kappa shape index (κ2) is 8.94. The van der Waals surface area contributed by atoms with Crippen molar-refractivity contribution >= 4 is 23.2 Å². The maximum atomic E-state index is 12.9. The zero-order valence-electron chi connectivity index (χ0n) is 19.0. The number of hydrogen-bond donors (Lipinski definition) is 1. The first-order chi connectivity index (χ1) is 16.5. The third-order valence-electron chi connectivity index (χ3n) is 6.01. The molecule has 34 heavy (non-hydrogen) atoms. The summed E-state index contributed by atoms with van der Waals surface area (Å²) >= 11 is 0. The molecule has 1 aromatic heterocycles. The molecule has 0 spiro atoms. The minimum absolute atomic E-state index is 0.0438. The summed E-state index contributed by atoms with van der Waals surface area (Å²) < 4.78 is 5.46. The predicted octanol–water partition coefficient (Wildman–Crippen LogP) is 5.01. The second-order valence-corrected chi connectivity index (χ2v) is 8.55. The molecule has 7 nitrogen and oxygen atoms in total. The molecule has 0 saturated carbocycles. The smallest absolute Gasteiger partial charge is 0.258 e. The lowest BCUT2D eigenvalue weighted by Gasteiger charge is -2.19. The number of anilines is 2. The molecule has 0 radical (unpaired) electrons. The number of carbonyl (C=O) groups is 2. The minimum Gasteiger partial charge on any atom is -0.334 e. The molecular formula is C27H24N4O3. The standard InChI is InChI=1S/C27H24N4O3/c1-17-10-12-19(13-11-17)25-29-27(34-30-25)20-7-5-8-22(14-20)28-26(33)21-15-24(32)31(16-21)23-9-4-3-6-18(23)2/h3-14,21H,15-16H2,1-2H3,(H,28,33). The van der Waals surface area contributed by atoms with Crippen LogP contribution in [0.4, 0.5) is 11.4 Å². The Hall–Kier alpha value is -4.26. The molecular weight excluding hydrogens is 428 g/mol. The predicted molar refractivity (Wildman–Crippen MR) is 130 cm³/mol. The molecule has 0 aliphatic carbocycles. The number of nitrogens with zero attached hydrogens (tertiary/aromatic N) is 3. The van der Waals surface area contributed by atoms with Crippen molar-refractivity contribution in [1.29, 1.82) is 0 Å². The van der Waals surface area contributed by atoms with Gasteiger partial charge in [0.1, 0.15) is 0 Å². The largest absolute Gasteiger partial charge is 0.334 e. The normalized spacial score (nSPS) is 15.5. The Bertz CT molecular complexity index is 1360. The summed E-state index contributed by atoms with van der Waals surface area (Å²) in [5, 5.41) is 7.02. The van der Waals surface area contributed by atoms with Crippen molar-refractivity contribution in [3.63, 3.8) is 0 Å². The van der Waals surface area contributed by atoms with Crippen LogP contribution in [0.5, 0.6) is 0 Å². The third kappa shape index (κ3) is 4.32. The van der Waals surface area contributed by atoms with Gasteiger partial charge in [-0.1, -0.05) is 59.3 Å². The summed E-state index contributed by atoms with van der Waals surface area (Å²) in [4.78, 5) is 31.7. The zero-order valence-corrected chi connectivity index (χ0v) is 19.0. The SMILES string of the molecule is Cc1ccc(-c2noc(-c3cccc(NC(=O)C4CC(=O)N(c5ccccc5C)C4)c3)n2)cc1. The molecule has 170 valence electrons. The summed E-state index contributed by atoms with van der Waals surface area (Å²) in [5.41, 5.74) is 5.20. The Kier molecular flexibility index (Phi) is 5.67. The van der Waals surface area contributed by atoms with Crippen molar-refractivity contribution in [3.05, 3.63) is 83.9 Å². The van der Waals surface area contributed by atoms with Gasteiger partial charge in [0, 0.05) is 35.5 Å². The summed E-state index contributed by atoms with van der Waals surface area (Å²) in [6.07, 6.45) is 0.184. The molecule has 1 aliphatic heterocycles. The highest BCUT2D eigenvalue weighted by Crippen LogP contribution is 2.29. The Morgan fingerprint density at radius 3 is 2.59 bits per heavy atom. The topological polar surface area (TPSA) is 88.3 Å². The van der Waals surface area contributed by atoms with Crippen LogP contribution in [0.2, 0.25) is 0 Å². The van der Waals surface area contributed by atoms with Gasteiger partial charge in [-0.15, -0.1) is 0 Å². The Morgan fingerprint density at radius 1 is 1.00 bits per heavy atom. The molecule has 0 bridgehead atoms. The van der Waals surface area contributed by atoms with Crippen LogP contribution in [0.1, 0.15) is 17.5 Å². The van der Waals surface area contributed by atoms with E-state index in [0.717, 1.165) is 22.4 Å². The lowest BCUT2D eigenvalue weighted by atomic mass is 10.1. The number of rotatable bonds is 5. The Morgan fingerprint density at radius 2 is 1.79 bits per heavy atom. The first kappa shape index (κ1) is 21.6. The van der Waals surface area contributed by atoms with E-state index in [0.29, 0.717) is 29.5 Å². The average molecular weight is 453 g/mol. The van der Waals surface area contributed by atoms with E-state index in [1.807, 2.05) is 74.5 Å². The highest BCUT2D eigenvalue weighted by Gasteiger charge is 2.35. The van der Waals surface area contributed by atoms with E-state index in [-0.39, 0.29) is 18.2 Å². The number of nitrogens with one attached hydrogen (secondary N) is 1. The van der Waals surface area contributed by atoms with Crippen LogP contribution in [-0.2, 0) is 9.59 Å². The maximum Gasteiger partial charge on any atom is 0.258 e. The minimum atomic E-state index is -0.424. The second-order valence-electron chi connectivity index (χ2n) is 8.55. The van der Waals surface area contributed by atoms with Crippen LogP contribution in [0.15, 0.2) is 77.3 Å². The molecule has 4 aromatic rings. The first-order valence-corrected chi connectivity index (χ1v) is 11.2. The third-order valence-corrected chi connectivity index (χ3v) is 6.01. The first-order valence-electron chi connectivity index (χ1n) is 11.2. The number of amides is 2. The summed E-state index contributed by atoms with van der Waals surface area (Å²) in [6, 6.07) is 22.9. The molecule has 5 rings (SSSR count). The molecule has 2 heterocycles.